The molecule has 2 N–H and O–H groups in total. The Hall–Kier alpha value is -2.36. The fourth-order valence-corrected chi connectivity index (χ4v) is 2.19. The number of carbonyl (C=O) groups excluding carboxylic acids is 1. The quantitative estimate of drug-likeness (QED) is 0.686. The molecule has 3 rings (SSSR count). The molecule has 0 aliphatic rings. The average molecular weight is 225 g/mol. The molecule has 84 valence electrons. The van der Waals surface area contributed by atoms with Crippen molar-refractivity contribution in [3.8, 4) is 0 Å². The van der Waals surface area contributed by atoms with E-state index in [1.54, 1.807) is 12.3 Å². The summed E-state index contributed by atoms with van der Waals surface area (Å²) in [4.78, 5) is 15.2. The first-order valence-electron chi connectivity index (χ1n) is 5.31. The van der Waals surface area contributed by atoms with Crippen molar-refractivity contribution in [1.29, 1.82) is 0 Å². The van der Waals surface area contributed by atoms with Gasteiger partial charge in [0.1, 0.15) is 5.69 Å². The normalized spacial score (nSPS) is 11.1. The van der Waals surface area contributed by atoms with Crippen molar-refractivity contribution in [1.82, 2.24) is 9.55 Å². The van der Waals surface area contributed by atoms with Gasteiger partial charge in [0.05, 0.1) is 11.7 Å². The summed E-state index contributed by atoms with van der Waals surface area (Å²) in [5.41, 5.74) is 7.66. The molecule has 17 heavy (non-hydrogen) atoms. The van der Waals surface area contributed by atoms with E-state index in [9.17, 15) is 4.79 Å². The number of aryl methyl sites for hydroxylation is 1. The van der Waals surface area contributed by atoms with Crippen LogP contribution in [0.2, 0.25) is 0 Å². The van der Waals surface area contributed by atoms with Crippen LogP contribution in [0.5, 0.6) is 0 Å². The third-order valence-corrected chi connectivity index (χ3v) is 3.05. The summed E-state index contributed by atoms with van der Waals surface area (Å²) in [6.07, 6.45) is 1.69. The van der Waals surface area contributed by atoms with E-state index in [1.807, 2.05) is 31.3 Å². The van der Waals surface area contributed by atoms with E-state index in [2.05, 4.69) is 9.55 Å². The predicted octanol–water partition coefficient (Wildman–Crippen LogP) is 1.83. The molecule has 0 aliphatic heterocycles. The maximum Gasteiger partial charge on any atom is 0.267 e. The number of carbonyl (C=O) groups is 1. The van der Waals surface area contributed by atoms with E-state index in [0.29, 0.717) is 5.69 Å². The van der Waals surface area contributed by atoms with Gasteiger partial charge in [-0.2, -0.15) is 0 Å². The van der Waals surface area contributed by atoms with E-state index in [1.165, 1.54) is 0 Å². The number of primary amides is 1. The number of benzene rings is 1. The number of rotatable bonds is 1. The summed E-state index contributed by atoms with van der Waals surface area (Å²) >= 11 is 0. The zero-order valence-electron chi connectivity index (χ0n) is 9.34. The van der Waals surface area contributed by atoms with Crippen molar-refractivity contribution in [3.05, 3.63) is 42.2 Å². The maximum atomic E-state index is 11.1. The number of nitrogens with two attached hydrogens (primary N) is 1. The molecular weight excluding hydrogens is 214 g/mol. The molecular formula is C13H11N3O. The lowest BCUT2D eigenvalue weighted by atomic mass is 10.1. The van der Waals surface area contributed by atoms with Gasteiger partial charge in [-0.15, -0.1) is 0 Å². The molecule has 0 atom stereocenters. The van der Waals surface area contributed by atoms with Crippen molar-refractivity contribution in [2.45, 2.75) is 0 Å². The SMILES string of the molecule is Cn1c2ccccc2c2cc(C(N)=O)ncc21. The number of hydrogen-bond donors (Lipinski definition) is 1. The highest BCUT2D eigenvalue weighted by Gasteiger charge is 2.10. The van der Waals surface area contributed by atoms with Crippen LogP contribution >= 0.6 is 0 Å². The van der Waals surface area contributed by atoms with Crippen molar-refractivity contribution in [2.24, 2.45) is 12.8 Å². The maximum absolute atomic E-state index is 11.1. The van der Waals surface area contributed by atoms with Gasteiger partial charge in [0, 0.05) is 23.3 Å². The lowest BCUT2D eigenvalue weighted by Gasteiger charge is -1.97. The zero-order chi connectivity index (χ0) is 12.0. The number of amides is 1. The molecule has 0 unspecified atom stereocenters. The molecule has 0 fully saturated rings. The van der Waals surface area contributed by atoms with Crippen LogP contribution in [0.25, 0.3) is 21.8 Å². The van der Waals surface area contributed by atoms with E-state index < -0.39 is 5.91 Å². The molecule has 1 aromatic carbocycles. The fraction of sp³-hybridized carbons (Fsp3) is 0.0769. The van der Waals surface area contributed by atoms with Crippen LogP contribution in [0.1, 0.15) is 10.5 Å². The van der Waals surface area contributed by atoms with E-state index in [4.69, 9.17) is 5.73 Å². The summed E-state index contributed by atoms with van der Waals surface area (Å²) in [5.74, 6) is -0.500. The van der Waals surface area contributed by atoms with Crippen LogP contribution in [0.15, 0.2) is 36.5 Å². The summed E-state index contributed by atoms with van der Waals surface area (Å²) in [5, 5.41) is 2.11. The Labute approximate surface area is 97.7 Å². The van der Waals surface area contributed by atoms with Gasteiger partial charge in [-0.05, 0) is 12.1 Å². The van der Waals surface area contributed by atoms with Gasteiger partial charge >= 0.3 is 0 Å². The molecule has 0 bridgehead atoms. The van der Waals surface area contributed by atoms with Crippen LogP contribution in [-0.2, 0) is 7.05 Å². The Bertz CT molecular complexity index is 743. The summed E-state index contributed by atoms with van der Waals surface area (Å²) < 4.78 is 2.06. The fourth-order valence-electron chi connectivity index (χ4n) is 2.19. The van der Waals surface area contributed by atoms with Crippen LogP contribution in [0, 0.1) is 0 Å². The number of hydrogen-bond acceptors (Lipinski definition) is 2. The van der Waals surface area contributed by atoms with Crippen molar-refractivity contribution in [3.63, 3.8) is 0 Å². The number of para-hydroxylation sites is 1. The first-order valence-corrected chi connectivity index (χ1v) is 5.31. The monoisotopic (exact) mass is 225 g/mol. The largest absolute Gasteiger partial charge is 0.364 e. The molecule has 2 heterocycles. The Balaban J connectivity index is 2.50. The highest BCUT2D eigenvalue weighted by molar-refractivity contribution is 6.09. The standard InChI is InChI=1S/C13H11N3O/c1-16-11-5-3-2-4-8(11)9-6-10(13(14)17)15-7-12(9)16/h2-7H,1H3,(H2,14,17). The van der Waals surface area contributed by atoms with Gasteiger partial charge in [-0.25, -0.2) is 4.98 Å². The average Bonchev–Trinajstić information content (AvgIpc) is 2.64. The molecule has 0 spiro atoms. The Morgan fingerprint density at radius 3 is 2.76 bits per heavy atom. The molecule has 2 aromatic heterocycles. The molecule has 0 aliphatic carbocycles. The van der Waals surface area contributed by atoms with Gasteiger partial charge in [0.2, 0.25) is 0 Å². The molecule has 4 nitrogen and oxygen atoms in total. The highest BCUT2D eigenvalue weighted by Crippen LogP contribution is 2.27. The molecule has 0 saturated heterocycles. The summed E-state index contributed by atoms with van der Waals surface area (Å²) in [7, 11) is 1.98. The summed E-state index contributed by atoms with van der Waals surface area (Å²) in [6, 6.07) is 9.79. The van der Waals surface area contributed by atoms with Crippen molar-refractivity contribution >= 4 is 27.7 Å². The van der Waals surface area contributed by atoms with E-state index in [0.717, 1.165) is 21.8 Å². The topological polar surface area (TPSA) is 60.9 Å². The number of nitrogens with zero attached hydrogens (tertiary/aromatic N) is 2. The van der Waals surface area contributed by atoms with E-state index in [-0.39, 0.29) is 0 Å². The molecule has 3 aromatic rings. The third-order valence-electron chi connectivity index (χ3n) is 3.05. The number of aromatic nitrogens is 2. The second kappa shape index (κ2) is 3.31. The highest BCUT2D eigenvalue weighted by atomic mass is 16.1. The lowest BCUT2D eigenvalue weighted by molar-refractivity contribution is 0.0996. The van der Waals surface area contributed by atoms with Crippen molar-refractivity contribution < 1.29 is 4.79 Å². The minimum absolute atomic E-state index is 0.300. The second-order valence-electron chi connectivity index (χ2n) is 4.03. The van der Waals surface area contributed by atoms with E-state index >= 15 is 0 Å². The molecule has 0 saturated carbocycles. The van der Waals surface area contributed by atoms with Gasteiger partial charge in [0.25, 0.3) is 5.91 Å². The van der Waals surface area contributed by atoms with Crippen LogP contribution in [0.3, 0.4) is 0 Å². The van der Waals surface area contributed by atoms with Crippen LogP contribution < -0.4 is 5.73 Å². The van der Waals surface area contributed by atoms with Crippen LogP contribution in [0.4, 0.5) is 0 Å². The first kappa shape index (κ1) is 9.84. The smallest absolute Gasteiger partial charge is 0.267 e. The van der Waals surface area contributed by atoms with Gasteiger partial charge in [-0.1, -0.05) is 18.2 Å². The minimum atomic E-state index is -0.500. The first-order chi connectivity index (χ1) is 8.18. The molecule has 1 amide bonds. The molecule has 4 heteroatoms. The number of fused-ring (bicyclic) bond motifs is 3. The van der Waals surface area contributed by atoms with Gasteiger partial charge in [0.15, 0.2) is 0 Å². The second-order valence-corrected chi connectivity index (χ2v) is 4.03. The van der Waals surface area contributed by atoms with Crippen molar-refractivity contribution in [2.75, 3.05) is 0 Å². The van der Waals surface area contributed by atoms with Crippen LogP contribution in [-0.4, -0.2) is 15.5 Å². The summed E-state index contributed by atoms with van der Waals surface area (Å²) in [6.45, 7) is 0. The Morgan fingerprint density at radius 1 is 1.24 bits per heavy atom. The van der Waals surface area contributed by atoms with Gasteiger partial charge < -0.3 is 10.3 Å². The number of pyridine rings is 1. The molecule has 0 radical (unpaired) electrons. The predicted molar refractivity (Wildman–Crippen MR) is 66.7 cm³/mol. The Morgan fingerprint density at radius 2 is 2.00 bits per heavy atom. The zero-order valence-corrected chi connectivity index (χ0v) is 9.34. The minimum Gasteiger partial charge on any atom is -0.364 e. The Kier molecular flexibility index (Phi) is 1.92. The lowest BCUT2D eigenvalue weighted by Crippen LogP contribution is -2.12. The van der Waals surface area contributed by atoms with Gasteiger partial charge in [-0.3, -0.25) is 4.79 Å². The third kappa shape index (κ3) is 1.30.